The minimum absolute atomic E-state index is 0.178. The van der Waals surface area contributed by atoms with Crippen LogP contribution in [0.15, 0.2) is 53.3 Å². The second kappa shape index (κ2) is 6.90. The molecule has 1 atom stereocenters. The number of benzene rings is 2. The first-order valence-corrected chi connectivity index (χ1v) is 7.63. The zero-order chi connectivity index (χ0) is 17.1. The molecule has 1 heterocycles. The van der Waals surface area contributed by atoms with E-state index in [4.69, 9.17) is 0 Å². The first-order valence-electron chi connectivity index (χ1n) is 7.63. The summed E-state index contributed by atoms with van der Waals surface area (Å²) < 4.78 is 12.9. The van der Waals surface area contributed by atoms with Crippen molar-refractivity contribution in [1.29, 1.82) is 0 Å². The molecular formula is C18H18FN3O2. The average Bonchev–Trinajstić information content (AvgIpc) is 2.55. The van der Waals surface area contributed by atoms with Crippen molar-refractivity contribution in [3.63, 3.8) is 0 Å². The molecule has 3 rings (SSSR count). The van der Waals surface area contributed by atoms with E-state index in [2.05, 4.69) is 9.97 Å². The lowest BCUT2D eigenvalue weighted by Crippen LogP contribution is -2.26. The van der Waals surface area contributed by atoms with Crippen LogP contribution in [-0.4, -0.2) is 33.6 Å². The van der Waals surface area contributed by atoms with Crippen LogP contribution in [0.3, 0.4) is 0 Å². The van der Waals surface area contributed by atoms with Crippen molar-refractivity contribution in [2.45, 2.75) is 12.6 Å². The molecule has 124 valence electrons. The zero-order valence-electron chi connectivity index (χ0n) is 13.2. The lowest BCUT2D eigenvalue weighted by atomic mass is 10.1. The molecule has 0 aliphatic rings. The van der Waals surface area contributed by atoms with Gasteiger partial charge in [-0.25, -0.2) is 9.37 Å². The molecule has 2 aromatic carbocycles. The van der Waals surface area contributed by atoms with Crippen LogP contribution >= 0.6 is 0 Å². The maximum Gasteiger partial charge on any atom is 0.258 e. The molecule has 0 amide bonds. The summed E-state index contributed by atoms with van der Waals surface area (Å²) in [7, 11) is 1.82. The molecule has 0 radical (unpaired) electrons. The first-order chi connectivity index (χ1) is 11.5. The fourth-order valence-electron chi connectivity index (χ4n) is 2.62. The molecule has 3 aromatic rings. The predicted molar refractivity (Wildman–Crippen MR) is 90.1 cm³/mol. The van der Waals surface area contributed by atoms with Crippen LogP contribution in [-0.2, 0) is 6.54 Å². The Bertz CT molecular complexity index is 893. The van der Waals surface area contributed by atoms with Crippen molar-refractivity contribution in [2.75, 3.05) is 13.6 Å². The number of nitrogens with zero attached hydrogens (tertiary/aromatic N) is 2. The molecule has 1 aromatic heterocycles. The highest BCUT2D eigenvalue weighted by Gasteiger charge is 2.12. The van der Waals surface area contributed by atoms with E-state index in [9.17, 15) is 14.3 Å². The molecule has 0 fully saturated rings. The number of nitrogens with one attached hydrogen (secondary N) is 1. The average molecular weight is 327 g/mol. The van der Waals surface area contributed by atoms with Crippen LogP contribution in [0, 0.1) is 5.82 Å². The van der Waals surface area contributed by atoms with Gasteiger partial charge in [0, 0.05) is 6.54 Å². The number of rotatable bonds is 5. The molecule has 0 saturated heterocycles. The fourth-order valence-corrected chi connectivity index (χ4v) is 2.62. The van der Waals surface area contributed by atoms with Gasteiger partial charge in [-0.1, -0.05) is 24.3 Å². The van der Waals surface area contributed by atoms with Gasteiger partial charge in [-0.2, -0.15) is 0 Å². The van der Waals surface area contributed by atoms with E-state index < -0.39 is 6.10 Å². The van der Waals surface area contributed by atoms with Crippen molar-refractivity contribution in [3.8, 4) is 0 Å². The third kappa shape index (κ3) is 3.67. The summed E-state index contributed by atoms with van der Waals surface area (Å²) in [5, 5.41) is 10.8. The van der Waals surface area contributed by atoms with E-state index in [-0.39, 0.29) is 11.4 Å². The SMILES string of the molecule is CN(Cc1nc2ccccc2c(=O)[nH]1)C[C@@H](O)c1ccc(F)cc1. The van der Waals surface area contributed by atoms with Crippen molar-refractivity contribution in [1.82, 2.24) is 14.9 Å². The minimum Gasteiger partial charge on any atom is -0.387 e. The van der Waals surface area contributed by atoms with Gasteiger partial charge < -0.3 is 10.1 Å². The van der Waals surface area contributed by atoms with E-state index in [0.717, 1.165) is 0 Å². The Labute approximate surface area is 138 Å². The fraction of sp³-hybridized carbons (Fsp3) is 0.222. The summed E-state index contributed by atoms with van der Waals surface area (Å²) in [6, 6.07) is 12.9. The molecule has 0 bridgehead atoms. The third-order valence-electron chi connectivity index (χ3n) is 3.82. The highest BCUT2D eigenvalue weighted by atomic mass is 19.1. The number of halogens is 1. The van der Waals surface area contributed by atoms with Gasteiger partial charge in [0.15, 0.2) is 0 Å². The van der Waals surface area contributed by atoms with Crippen molar-refractivity contribution < 1.29 is 9.50 Å². The number of hydrogen-bond donors (Lipinski definition) is 2. The van der Waals surface area contributed by atoms with Gasteiger partial charge in [-0.3, -0.25) is 9.69 Å². The molecular weight excluding hydrogens is 309 g/mol. The Kier molecular flexibility index (Phi) is 4.69. The normalized spacial score (nSPS) is 12.7. The number of H-pyrrole nitrogens is 1. The Morgan fingerprint density at radius 1 is 1.21 bits per heavy atom. The summed E-state index contributed by atoms with van der Waals surface area (Å²) in [5.74, 6) is 0.199. The Morgan fingerprint density at radius 2 is 1.92 bits per heavy atom. The van der Waals surface area contributed by atoms with E-state index in [1.807, 2.05) is 18.0 Å². The number of aromatic amines is 1. The largest absolute Gasteiger partial charge is 0.387 e. The van der Waals surface area contributed by atoms with Crippen LogP contribution in [0.5, 0.6) is 0 Å². The van der Waals surface area contributed by atoms with Crippen molar-refractivity contribution in [3.05, 3.63) is 76.1 Å². The Morgan fingerprint density at radius 3 is 2.67 bits per heavy atom. The van der Waals surface area contributed by atoms with Crippen molar-refractivity contribution >= 4 is 10.9 Å². The molecule has 6 heteroatoms. The topological polar surface area (TPSA) is 69.2 Å². The maximum absolute atomic E-state index is 12.9. The van der Waals surface area contributed by atoms with Gasteiger partial charge in [0.05, 0.1) is 23.6 Å². The molecule has 2 N–H and O–H groups in total. The minimum atomic E-state index is -0.747. The monoisotopic (exact) mass is 327 g/mol. The smallest absolute Gasteiger partial charge is 0.258 e. The lowest BCUT2D eigenvalue weighted by Gasteiger charge is -2.20. The van der Waals surface area contributed by atoms with E-state index in [1.54, 1.807) is 30.3 Å². The van der Waals surface area contributed by atoms with Gasteiger partial charge in [0.1, 0.15) is 11.6 Å². The molecule has 0 aliphatic carbocycles. The van der Waals surface area contributed by atoms with Gasteiger partial charge >= 0.3 is 0 Å². The summed E-state index contributed by atoms with van der Waals surface area (Å²) in [6.45, 7) is 0.723. The van der Waals surface area contributed by atoms with E-state index >= 15 is 0 Å². The summed E-state index contributed by atoms with van der Waals surface area (Å²) in [6.07, 6.45) is -0.747. The van der Waals surface area contributed by atoms with Crippen LogP contribution in [0.4, 0.5) is 4.39 Å². The van der Waals surface area contributed by atoms with E-state index in [0.29, 0.717) is 35.4 Å². The number of hydrogen-bond acceptors (Lipinski definition) is 4. The number of aliphatic hydroxyl groups is 1. The number of fused-ring (bicyclic) bond motifs is 1. The third-order valence-corrected chi connectivity index (χ3v) is 3.82. The molecule has 0 spiro atoms. The highest BCUT2D eigenvalue weighted by molar-refractivity contribution is 5.77. The number of aromatic nitrogens is 2. The second-order valence-corrected chi connectivity index (χ2v) is 5.79. The molecule has 24 heavy (non-hydrogen) atoms. The van der Waals surface area contributed by atoms with Crippen LogP contribution in [0.1, 0.15) is 17.5 Å². The Balaban J connectivity index is 1.71. The Hall–Kier alpha value is -2.57. The van der Waals surface area contributed by atoms with Gasteiger partial charge in [0.25, 0.3) is 5.56 Å². The first kappa shape index (κ1) is 16.3. The summed E-state index contributed by atoms with van der Waals surface area (Å²) >= 11 is 0. The standard InChI is InChI=1S/C18H18FN3O2/c1-22(10-16(23)12-6-8-13(19)9-7-12)11-17-20-15-5-3-2-4-14(15)18(24)21-17/h2-9,16,23H,10-11H2,1H3,(H,20,21,24)/t16-/m1/s1. The summed E-state index contributed by atoms with van der Waals surface area (Å²) in [4.78, 5) is 21.1. The van der Waals surface area contributed by atoms with Crippen LogP contribution in [0.2, 0.25) is 0 Å². The van der Waals surface area contributed by atoms with Crippen molar-refractivity contribution in [2.24, 2.45) is 0 Å². The predicted octanol–water partition coefficient (Wildman–Crippen LogP) is 2.23. The lowest BCUT2D eigenvalue weighted by molar-refractivity contribution is 0.122. The maximum atomic E-state index is 12.9. The van der Waals surface area contributed by atoms with Gasteiger partial charge in [0.2, 0.25) is 0 Å². The number of para-hydroxylation sites is 1. The second-order valence-electron chi connectivity index (χ2n) is 5.79. The number of aliphatic hydroxyl groups excluding tert-OH is 1. The summed E-state index contributed by atoms with van der Waals surface area (Å²) in [5.41, 5.74) is 1.11. The molecule has 0 unspecified atom stereocenters. The molecule has 0 aliphatic heterocycles. The van der Waals surface area contributed by atoms with Gasteiger partial charge in [-0.05, 0) is 36.9 Å². The molecule has 5 nitrogen and oxygen atoms in total. The van der Waals surface area contributed by atoms with Crippen LogP contribution < -0.4 is 5.56 Å². The van der Waals surface area contributed by atoms with E-state index in [1.165, 1.54) is 12.1 Å². The van der Waals surface area contributed by atoms with Crippen LogP contribution in [0.25, 0.3) is 10.9 Å². The molecule has 0 saturated carbocycles. The quantitative estimate of drug-likeness (QED) is 0.754. The highest BCUT2D eigenvalue weighted by Crippen LogP contribution is 2.15. The van der Waals surface area contributed by atoms with Gasteiger partial charge in [-0.15, -0.1) is 0 Å². The number of likely N-dealkylation sites (N-methyl/N-ethyl adjacent to an activating group) is 1. The zero-order valence-corrected chi connectivity index (χ0v) is 13.2.